The molecular weight excluding hydrogens is 190 g/mol. The third kappa shape index (κ3) is 1.46. The summed E-state index contributed by atoms with van der Waals surface area (Å²) in [7, 11) is 0. The number of benzene rings is 1. The standard InChI is InChI=1S/C9H8F2N2O/c10-5-2-1-3-6(11)8(5)9-12-4-7(14)13-9/h1-3,9,12H,4H2,(H,13,14). The molecule has 3 nitrogen and oxygen atoms in total. The fraction of sp³-hybridized carbons (Fsp3) is 0.222. The maximum Gasteiger partial charge on any atom is 0.235 e. The van der Waals surface area contributed by atoms with Gasteiger partial charge >= 0.3 is 0 Å². The van der Waals surface area contributed by atoms with Gasteiger partial charge < -0.3 is 5.32 Å². The predicted octanol–water partition coefficient (Wildman–Crippen LogP) is 0.683. The normalized spacial score (nSPS) is 21.0. The van der Waals surface area contributed by atoms with Crippen molar-refractivity contribution in [3.8, 4) is 0 Å². The zero-order chi connectivity index (χ0) is 10.1. The monoisotopic (exact) mass is 198 g/mol. The molecule has 0 saturated carbocycles. The van der Waals surface area contributed by atoms with E-state index in [2.05, 4.69) is 10.6 Å². The maximum atomic E-state index is 13.2. The van der Waals surface area contributed by atoms with Crippen molar-refractivity contribution >= 4 is 5.91 Å². The minimum Gasteiger partial charge on any atom is -0.335 e. The molecule has 0 aromatic heterocycles. The van der Waals surface area contributed by atoms with Crippen molar-refractivity contribution in [1.29, 1.82) is 0 Å². The van der Waals surface area contributed by atoms with Crippen molar-refractivity contribution in [2.75, 3.05) is 6.54 Å². The zero-order valence-corrected chi connectivity index (χ0v) is 7.18. The Labute approximate surface area is 79.1 Å². The van der Waals surface area contributed by atoms with E-state index < -0.39 is 17.8 Å². The summed E-state index contributed by atoms with van der Waals surface area (Å²) >= 11 is 0. The maximum absolute atomic E-state index is 13.2. The molecule has 2 N–H and O–H groups in total. The SMILES string of the molecule is O=C1CNC(c2c(F)cccc2F)N1. The first-order valence-corrected chi connectivity index (χ1v) is 4.15. The Morgan fingerprint density at radius 2 is 1.93 bits per heavy atom. The van der Waals surface area contributed by atoms with Gasteiger partial charge in [-0.25, -0.2) is 8.78 Å². The molecule has 1 aliphatic rings. The fourth-order valence-electron chi connectivity index (χ4n) is 1.42. The zero-order valence-electron chi connectivity index (χ0n) is 7.18. The summed E-state index contributed by atoms with van der Waals surface area (Å²) in [6.45, 7) is 0.0818. The quantitative estimate of drug-likeness (QED) is 0.696. The van der Waals surface area contributed by atoms with Crippen molar-refractivity contribution in [2.45, 2.75) is 6.17 Å². The highest BCUT2D eigenvalue weighted by atomic mass is 19.1. The van der Waals surface area contributed by atoms with Gasteiger partial charge in [0.15, 0.2) is 0 Å². The molecule has 0 aliphatic carbocycles. The number of hydrogen-bond acceptors (Lipinski definition) is 2. The molecule has 0 radical (unpaired) electrons. The Hall–Kier alpha value is -1.49. The van der Waals surface area contributed by atoms with E-state index in [0.717, 1.165) is 12.1 Å². The summed E-state index contributed by atoms with van der Waals surface area (Å²) in [5.74, 6) is -1.59. The number of nitrogens with one attached hydrogen (secondary N) is 2. The molecular formula is C9H8F2N2O. The van der Waals surface area contributed by atoms with Crippen LogP contribution in [0.25, 0.3) is 0 Å². The minimum absolute atomic E-state index is 0.0818. The van der Waals surface area contributed by atoms with Crippen molar-refractivity contribution in [1.82, 2.24) is 10.6 Å². The first-order valence-electron chi connectivity index (χ1n) is 4.15. The molecule has 1 aliphatic heterocycles. The second kappa shape index (κ2) is 3.34. The molecule has 1 aromatic rings. The van der Waals surface area contributed by atoms with Crippen LogP contribution in [0.2, 0.25) is 0 Å². The topological polar surface area (TPSA) is 41.1 Å². The van der Waals surface area contributed by atoms with Crippen LogP contribution in [0.4, 0.5) is 8.78 Å². The van der Waals surface area contributed by atoms with E-state index in [4.69, 9.17) is 0 Å². The summed E-state index contributed by atoms with van der Waals surface area (Å²) in [5, 5.41) is 5.09. The number of carbonyl (C=O) groups excluding carboxylic acids is 1. The van der Waals surface area contributed by atoms with E-state index >= 15 is 0 Å². The number of carbonyl (C=O) groups is 1. The molecule has 1 heterocycles. The van der Waals surface area contributed by atoms with Crippen molar-refractivity contribution in [3.05, 3.63) is 35.4 Å². The molecule has 5 heteroatoms. The Morgan fingerprint density at radius 1 is 1.29 bits per heavy atom. The van der Waals surface area contributed by atoms with Crippen molar-refractivity contribution in [3.63, 3.8) is 0 Å². The van der Waals surface area contributed by atoms with Gasteiger partial charge in [0.05, 0.1) is 12.1 Å². The molecule has 1 atom stereocenters. The highest BCUT2D eigenvalue weighted by molar-refractivity contribution is 5.80. The lowest BCUT2D eigenvalue weighted by Crippen LogP contribution is -2.25. The summed E-state index contributed by atoms with van der Waals surface area (Å²) in [6, 6.07) is 3.60. The third-order valence-electron chi connectivity index (χ3n) is 2.06. The van der Waals surface area contributed by atoms with Crippen LogP contribution in [-0.4, -0.2) is 12.5 Å². The van der Waals surface area contributed by atoms with E-state index in [1.807, 2.05) is 0 Å². The predicted molar refractivity (Wildman–Crippen MR) is 45.2 cm³/mol. The van der Waals surface area contributed by atoms with Gasteiger partial charge in [-0.05, 0) is 12.1 Å². The van der Waals surface area contributed by atoms with E-state index in [1.54, 1.807) is 0 Å². The lowest BCUT2D eigenvalue weighted by molar-refractivity contribution is -0.118. The molecule has 1 amide bonds. The Balaban J connectivity index is 2.36. The Morgan fingerprint density at radius 3 is 2.43 bits per heavy atom. The Bertz CT molecular complexity index is 361. The highest BCUT2D eigenvalue weighted by Crippen LogP contribution is 2.20. The number of amides is 1. The van der Waals surface area contributed by atoms with Gasteiger partial charge in [0.25, 0.3) is 0 Å². The molecule has 0 spiro atoms. The number of halogens is 2. The van der Waals surface area contributed by atoms with Gasteiger partial charge in [-0.1, -0.05) is 6.07 Å². The van der Waals surface area contributed by atoms with E-state index in [9.17, 15) is 13.6 Å². The largest absolute Gasteiger partial charge is 0.335 e. The Kier molecular flexibility index (Phi) is 2.17. The highest BCUT2D eigenvalue weighted by Gasteiger charge is 2.26. The van der Waals surface area contributed by atoms with Crippen LogP contribution in [-0.2, 0) is 4.79 Å². The van der Waals surface area contributed by atoms with Gasteiger partial charge in [-0.3, -0.25) is 10.1 Å². The molecule has 1 unspecified atom stereocenters. The van der Waals surface area contributed by atoms with Crippen LogP contribution in [0.5, 0.6) is 0 Å². The van der Waals surface area contributed by atoms with E-state index in [-0.39, 0.29) is 18.0 Å². The number of rotatable bonds is 1. The van der Waals surface area contributed by atoms with Crippen LogP contribution in [0.15, 0.2) is 18.2 Å². The van der Waals surface area contributed by atoms with Gasteiger partial charge in [0.2, 0.25) is 5.91 Å². The summed E-state index contributed by atoms with van der Waals surface area (Å²) in [6.07, 6.45) is -0.760. The van der Waals surface area contributed by atoms with Crippen LogP contribution in [0.3, 0.4) is 0 Å². The third-order valence-corrected chi connectivity index (χ3v) is 2.06. The lowest BCUT2D eigenvalue weighted by Gasteiger charge is -2.12. The first-order chi connectivity index (χ1) is 6.68. The molecule has 1 aromatic carbocycles. The lowest BCUT2D eigenvalue weighted by atomic mass is 10.1. The molecule has 1 saturated heterocycles. The van der Waals surface area contributed by atoms with Crippen molar-refractivity contribution in [2.24, 2.45) is 0 Å². The second-order valence-electron chi connectivity index (χ2n) is 3.02. The molecule has 1 fully saturated rings. The molecule has 0 bridgehead atoms. The van der Waals surface area contributed by atoms with Crippen molar-refractivity contribution < 1.29 is 13.6 Å². The average Bonchev–Trinajstić information content (AvgIpc) is 2.51. The van der Waals surface area contributed by atoms with Crippen LogP contribution in [0.1, 0.15) is 11.7 Å². The van der Waals surface area contributed by atoms with Gasteiger partial charge in [-0.2, -0.15) is 0 Å². The van der Waals surface area contributed by atoms with Gasteiger partial charge in [0.1, 0.15) is 17.8 Å². The molecule has 2 rings (SSSR count). The second-order valence-corrected chi connectivity index (χ2v) is 3.02. The van der Waals surface area contributed by atoms with E-state index in [0.29, 0.717) is 0 Å². The van der Waals surface area contributed by atoms with Gasteiger partial charge in [0, 0.05) is 0 Å². The molecule has 14 heavy (non-hydrogen) atoms. The van der Waals surface area contributed by atoms with Gasteiger partial charge in [-0.15, -0.1) is 0 Å². The van der Waals surface area contributed by atoms with E-state index in [1.165, 1.54) is 6.07 Å². The average molecular weight is 198 g/mol. The van der Waals surface area contributed by atoms with Crippen LogP contribution < -0.4 is 10.6 Å². The van der Waals surface area contributed by atoms with Crippen LogP contribution >= 0.6 is 0 Å². The summed E-state index contributed by atoms with van der Waals surface area (Å²) in [5.41, 5.74) is -0.140. The minimum atomic E-state index is -0.760. The fourth-order valence-corrected chi connectivity index (χ4v) is 1.42. The first kappa shape index (κ1) is 9.08. The smallest absolute Gasteiger partial charge is 0.235 e. The van der Waals surface area contributed by atoms with Crippen LogP contribution in [0, 0.1) is 11.6 Å². The summed E-state index contributed by atoms with van der Waals surface area (Å²) in [4.78, 5) is 10.8. The number of hydrogen-bond donors (Lipinski definition) is 2. The molecule has 74 valence electrons. The summed E-state index contributed by atoms with van der Waals surface area (Å²) < 4.78 is 26.4.